The number of carbonyl (C=O) groups is 1. The zero-order valence-corrected chi connectivity index (χ0v) is 18.7. The molecule has 0 atom stereocenters. The maximum atomic E-state index is 10.8. The fourth-order valence-electron chi connectivity index (χ4n) is 3.48. The smallest absolute Gasteiger partial charge is 0.303 e. The molecule has 31 heavy (non-hydrogen) atoms. The minimum atomic E-state index is -0.776. The van der Waals surface area contributed by atoms with Crippen molar-refractivity contribution < 1.29 is 14.6 Å². The lowest BCUT2D eigenvalue weighted by molar-refractivity contribution is -0.137. The van der Waals surface area contributed by atoms with Gasteiger partial charge in [-0.15, -0.1) is 0 Å². The van der Waals surface area contributed by atoms with Crippen molar-refractivity contribution in [3.63, 3.8) is 0 Å². The number of benzene rings is 2. The number of hydrogen-bond donors (Lipinski definition) is 1. The van der Waals surface area contributed by atoms with Crippen LogP contribution in [0.4, 0.5) is 0 Å². The molecular weight excluding hydrogens is 410 g/mol. The van der Waals surface area contributed by atoms with Crippen LogP contribution >= 0.6 is 11.5 Å². The summed E-state index contributed by atoms with van der Waals surface area (Å²) in [6, 6.07) is 13.7. The van der Waals surface area contributed by atoms with Gasteiger partial charge < -0.3 is 9.84 Å². The number of hydrogen-bond acceptors (Lipinski definition) is 6. The van der Waals surface area contributed by atoms with Crippen molar-refractivity contribution in [1.82, 2.24) is 9.36 Å². The minimum Gasteiger partial charge on any atom is -0.490 e. The third-order valence-corrected chi connectivity index (χ3v) is 5.60. The Morgan fingerprint density at radius 2 is 2.10 bits per heavy atom. The van der Waals surface area contributed by atoms with Crippen molar-refractivity contribution in [1.29, 1.82) is 5.26 Å². The van der Waals surface area contributed by atoms with Gasteiger partial charge in [0.05, 0.1) is 11.7 Å². The van der Waals surface area contributed by atoms with Gasteiger partial charge in [0.15, 0.2) is 5.82 Å². The summed E-state index contributed by atoms with van der Waals surface area (Å²) in [5.41, 5.74) is 4.55. The third kappa shape index (κ3) is 5.47. The fraction of sp³-hybridized carbons (Fsp3) is 0.333. The molecule has 1 heterocycles. The maximum absolute atomic E-state index is 10.8. The predicted octanol–water partition coefficient (Wildman–Crippen LogP) is 5.50. The topological polar surface area (TPSA) is 96.1 Å². The van der Waals surface area contributed by atoms with Crippen LogP contribution in [0.5, 0.6) is 5.75 Å². The monoisotopic (exact) mass is 435 g/mol. The molecule has 3 rings (SSSR count). The summed E-state index contributed by atoms with van der Waals surface area (Å²) in [6.07, 6.45) is 2.27. The van der Waals surface area contributed by atoms with Gasteiger partial charge in [-0.3, -0.25) is 4.79 Å². The molecule has 6 nitrogen and oxygen atoms in total. The molecule has 7 heteroatoms. The summed E-state index contributed by atoms with van der Waals surface area (Å²) in [4.78, 5) is 15.6. The largest absolute Gasteiger partial charge is 0.490 e. The van der Waals surface area contributed by atoms with E-state index in [1.807, 2.05) is 38.1 Å². The van der Waals surface area contributed by atoms with Crippen LogP contribution in [0.2, 0.25) is 0 Å². The van der Waals surface area contributed by atoms with Crippen LogP contribution in [-0.4, -0.2) is 26.5 Å². The average Bonchev–Trinajstić information content (AvgIpc) is 3.23. The summed E-state index contributed by atoms with van der Waals surface area (Å²) in [5.74, 6) is 0.438. The highest BCUT2D eigenvalue weighted by Crippen LogP contribution is 2.32. The van der Waals surface area contributed by atoms with E-state index in [1.54, 1.807) is 12.1 Å². The Morgan fingerprint density at radius 3 is 2.77 bits per heavy atom. The Labute approximate surface area is 186 Å². The standard InChI is InChI=1S/C24H25N3O3S/c1-4-19-16(8-6-10-22(28)29)7-5-9-20(19)23-26-24(31-27-23)17-11-12-21(30-15(2)3)18(13-17)14-25/h5,7,9,11-13,15H,4,6,8,10H2,1-3H3,(H,28,29). The van der Waals surface area contributed by atoms with Gasteiger partial charge in [0, 0.05) is 17.5 Å². The summed E-state index contributed by atoms with van der Waals surface area (Å²) >= 11 is 1.29. The van der Waals surface area contributed by atoms with E-state index in [9.17, 15) is 10.1 Å². The molecular formula is C24H25N3O3S. The second kappa shape index (κ2) is 10.2. The molecule has 0 aliphatic carbocycles. The molecule has 0 saturated carbocycles. The Morgan fingerprint density at radius 1 is 1.29 bits per heavy atom. The Kier molecular flexibility index (Phi) is 7.37. The highest BCUT2D eigenvalue weighted by atomic mass is 32.1. The van der Waals surface area contributed by atoms with Gasteiger partial charge in [-0.25, -0.2) is 4.98 Å². The lowest BCUT2D eigenvalue weighted by atomic mass is 9.95. The summed E-state index contributed by atoms with van der Waals surface area (Å²) < 4.78 is 10.3. The van der Waals surface area contributed by atoms with E-state index in [-0.39, 0.29) is 12.5 Å². The second-order valence-corrected chi connectivity index (χ2v) is 8.21. The fourth-order valence-corrected chi connectivity index (χ4v) is 4.15. The molecule has 0 saturated heterocycles. The van der Waals surface area contributed by atoms with Gasteiger partial charge in [0.2, 0.25) is 0 Å². The van der Waals surface area contributed by atoms with Crippen molar-refractivity contribution in [3.05, 3.63) is 53.1 Å². The van der Waals surface area contributed by atoms with Crippen LogP contribution in [0.3, 0.4) is 0 Å². The van der Waals surface area contributed by atoms with Crippen molar-refractivity contribution in [2.75, 3.05) is 0 Å². The molecule has 0 aliphatic heterocycles. The van der Waals surface area contributed by atoms with Crippen molar-refractivity contribution in [3.8, 4) is 33.8 Å². The highest BCUT2D eigenvalue weighted by Gasteiger charge is 2.16. The van der Waals surface area contributed by atoms with E-state index >= 15 is 0 Å². The molecule has 0 bridgehead atoms. The van der Waals surface area contributed by atoms with E-state index in [2.05, 4.69) is 17.4 Å². The van der Waals surface area contributed by atoms with Crippen LogP contribution in [0.1, 0.15) is 50.3 Å². The molecule has 1 N–H and O–H groups in total. The summed E-state index contributed by atoms with van der Waals surface area (Å²) in [7, 11) is 0. The number of aromatic nitrogens is 2. The van der Waals surface area contributed by atoms with Gasteiger partial charge in [-0.05, 0) is 74.0 Å². The van der Waals surface area contributed by atoms with Crippen LogP contribution < -0.4 is 4.74 Å². The van der Waals surface area contributed by atoms with Crippen LogP contribution in [-0.2, 0) is 17.6 Å². The van der Waals surface area contributed by atoms with E-state index in [0.717, 1.165) is 33.7 Å². The van der Waals surface area contributed by atoms with E-state index < -0.39 is 5.97 Å². The minimum absolute atomic E-state index is 0.0127. The number of ether oxygens (including phenoxy) is 1. The first kappa shape index (κ1) is 22.4. The number of nitrogens with zero attached hydrogens (tertiary/aromatic N) is 3. The SMILES string of the molecule is CCc1c(CCCC(=O)O)cccc1-c1nsc(-c2ccc(OC(C)C)c(C#N)c2)n1. The lowest BCUT2D eigenvalue weighted by Gasteiger charge is -2.12. The normalized spacial score (nSPS) is 10.8. The number of aliphatic carboxylic acids is 1. The van der Waals surface area contributed by atoms with E-state index in [0.29, 0.717) is 30.0 Å². The van der Waals surface area contributed by atoms with Crippen molar-refractivity contribution >= 4 is 17.5 Å². The summed E-state index contributed by atoms with van der Waals surface area (Å²) in [5, 5.41) is 19.1. The van der Waals surface area contributed by atoms with Gasteiger partial charge in [-0.2, -0.15) is 9.64 Å². The van der Waals surface area contributed by atoms with Gasteiger partial charge in [0.1, 0.15) is 16.8 Å². The van der Waals surface area contributed by atoms with Crippen molar-refractivity contribution in [2.24, 2.45) is 0 Å². The Hall–Kier alpha value is -3.24. The van der Waals surface area contributed by atoms with Crippen LogP contribution in [0.15, 0.2) is 36.4 Å². The lowest BCUT2D eigenvalue weighted by Crippen LogP contribution is -2.06. The first-order valence-corrected chi connectivity index (χ1v) is 11.1. The molecule has 1 aromatic heterocycles. The molecule has 0 fully saturated rings. The Balaban J connectivity index is 1.90. The van der Waals surface area contributed by atoms with Crippen molar-refractivity contribution in [2.45, 2.75) is 52.6 Å². The van der Waals surface area contributed by atoms with E-state index in [4.69, 9.17) is 14.8 Å². The average molecular weight is 436 g/mol. The van der Waals surface area contributed by atoms with Crippen LogP contribution in [0.25, 0.3) is 22.0 Å². The van der Waals surface area contributed by atoms with Gasteiger partial charge in [0.25, 0.3) is 0 Å². The number of rotatable bonds is 9. The molecule has 0 amide bonds. The molecule has 0 aliphatic rings. The third-order valence-electron chi connectivity index (χ3n) is 4.84. The Bertz CT molecular complexity index is 1120. The molecule has 0 spiro atoms. The van der Waals surface area contributed by atoms with Gasteiger partial charge in [-0.1, -0.05) is 25.1 Å². The number of carboxylic acids is 1. The zero-order valence-electron chi connectivity index (χ0n) is 17.9. The number of carboxylic acid groups (broad SMARTS) is 1. The molecule has 160 valence electrons. The molecule has 2 aromatic carbocycles. The first-order valence-electron chi connectivity index (χ1n) is 10.3. The number of aryl methyl sites for hydroxylation is 1. The highest BCUT2D eigenvalue weighted by molar-refractivity contribution is 7.09. The van der Waals surface area contributed by atoms with Gasteiger partial charge >= 0.3 is 5.97 Å². The molecule has 3 aromatic rings. The van der Waals surface area contributed by atoms with Crippen LogP contribution in [0, 0.1) is 11.3 Å². The predicted molar refractivity (Wildman–Crippen MR) is 121 cm³/mol. The first-order chi connectivity index (χ1) is 14.9. The maximum Gasteiger partial charge on any atom is 0.303 e. The van der Waals surface area contributed by atoms with E-state index in [1.165, 1.54) is 11.5 Å². The number of nitriles is 1. The zero-order chi connectivity index (χ0) is 22.4. The molecule has 0 unspecified atom stereocenters. The summed E-state index contributed by atoms with van der Waals surface area (Å²) in [6.45, 7) is 5.93. The molecule has 0 radical (unpaired) electrons. The second-order valence-electron chi connectivity index (χ2n) is 7.46. The quantitative estimate of drug-likeness (QED) is 0.477.